The Morgan fingerprint density at radius 1 is 1.31 bits per heavy atom. The van der Waals surface area contributed by atoms with Crippen molar-refractivity contribution < 1.29 is 23.8 Å². The van der Waals surface area contributed by atoms with E-state index in [2.05, 4.69) is 4.90 Å². The number of rotatable bonds is 7. The van der Waals surface area contributed by atoms with Crippen LogP contribution in [-0.4, -0.2) is 54.9 Å². The van der Waals surface area contributed by atoms with Crippen LogP contribution in [0.3, 0.4) is 0 Å². The maximum atomic E-state index is 12.0. The first-order valence-corrected chi connectivity index (χ1v) is 9.32. The number of aliphatic hydroxyl groups excluding tert-OH is 1. The molecular weight excluding hydrogens is 334 g/mol. The number of β-amino-alcohol motifs (C(OH)–C–C–N with tert-alkyl or cyclic N) is 1. The number of carbonyl (C=O) groups is 1. The summed E-state index contributed by atoms with van der Waals surface area (Å²) >= 11 is 0. The first-order chi connectivity index (χ1) is 12.6. The predicted molar refractivity (Wildman–Crippen MR) is 98.7 cm³/mol. The smallest absolute Gasteiger partial charge is 0.374 e. The largest absolute Gasteiger partial charge is 0.490 e. The molecule has 3 rings (SSSR count). The van der Waals surface area contributed by atoms with Gasteiger partial charge in [-0.3, -0.25) is 0 Å². The third-order valence-corrected chi connectivity index (χ3v) is 4.73. The van der Waals surface area contributed by atoms with E-state index < -0.39 is 12.1 Å². The van der Waals surface area contributed by atoms with Gasteiger partial charge >= 0.3 is 5.97 Å². The Morgan fingerprint density at radius 3 is 2.81 bits per heavy atom. The lowest BCUT2D eigenvalue weighted by Gasteiger charge is -2.28. The summed E-state index contributed by atoms with van der Waals surface area (Å²) in [5.74, 6) is 0.334. The van der Waals surface area contributed by atoms with E-state index >= 15 is 0 Å². The number of esters is 1. The van der Waals surface area contributed by atoms with E-state index in [9.17, 15) is 9.90 Å². The van der Waals surface area contributed by atoms with Crippen molar-refractivity contribution >= 4 is 16.9 Å². The summed E-state index contributed by atoms with van der Waals surface area (Å²) in [4.78, 5) is 14.3. The first-order valence-electron chi connectivity index (χ1n) is 9.32. The van der Waals surface area contributed by atoms with Crippen LogP contribution in [0.1, 0.15) is 42.3 Å². The van der Waals surface area contributed by atoms with Gasteiger partial charge in [-0.2, -0.15) is 0 Å². The molecule has 6 heteroatoms. The van der Waals surface area contributed by atoms with Gasteiger partial charge < -0.3 is 23.9 Å². The van der Waals surface area contributed by atoms with Crippen LogP contribution in [0.4, 0.5) is 0 Å². The summed E-state index contributed by atoms with van der Waals surface area (Å²) in [6.07, 6.45) is 3.10. The van der Waals surface area contributed by atoms with E-state index in [1.165, 1.54) is 19.3 Å². The van der Waals surface area contributed by atoms with Crippen molar-refractivity contribution in [2.75, 3.05) is 32.8 Å². The van der Waals surface area contributed by atoms with Crippen molar-refractivity contribution in [3.63, 3.8) is 0 Å². The van der Waals surface area contributed by atoms with Crippen LogP contribution in [0.2, 0.25) is 0 Å². The summed E-state index contributed by atoms with van der Waals surface area (Å²) in [7, 11) is 0. The molecule has 1 aliphatic rings. The van der Waals surface area contributed by atoms with Crippen molar-refractivity contribution in [2.24, 2.45) is 0 Å². The molecule has 142 valence electrons. The Labute approximate surface area is 153 Å². The van der Waals surface area contributed by atoms with E-state index in [4.69, 9.17) is 13.9 Å². The Hall–Kier alpha value is -2.05. The van der Waals surface area contributed by atoms with Crippen LogP contribution in [-0.2, 0) is 4.74 Å². The highest BCUT2D eigenvalue weighted by molar-refractivity contribution is 5.98. The number of hydrogen-bond donors (Lipinski definition) is 1. The van der Waals surface area contributed by atoms with Gasteiger partial charge in [0.15, 0.2) is 0 Å². The number of furan rings is 1. The molecule has 6 nitrogen and oxygen atoms in total. The van der Waals surface area contributed by atoms with Crippen LogP contribution in [0.5, 0.6) is 5.75 Å². The second-order valence-corrected chi connectivity index (χ2v) is 6.73. The van der Waals surface area contributed by atoms with Crippen LogP contribution >= 0.6 is 0 Å². The number of aryl methyl sites for hydroxylation is 1. The van der Waals surface area contributed by atoms with Gasteiger partial charge in [0, 0.05) is 12.1 Å². The fraction of sp³-hybridized carbons (Fsp3) is 0.550. The van der Waals surface area contributed by atoms with Gasteiger partial charge in [-0.1, -0.05) is 12.5 Å². The molecule has 1 atom stereocenters. The minimum atomic E-state index is -0.555. The number of likely N-dealkylation sites (tertiary alicyclic amines) is 1. The number of piperidine rings is 1. The molecule has 26 heavy (non-hydrogen) atoms. The molecule has 2 heterocycles. The van der Waals surface area contributed by atoms with Crippen molar-refractivity contribution in [1.29, 1.82) is 0 Å². The van der Waals surface area contributed by atoms with Crippen molar-refractivity contribution in [2.45, 2.75) is 39.2 Å². The van der Waals surface area contributed by atoms with Gasteiger partial charge in [-0.15, -0.1) is 0 Å². The second kappa shape index (κ2) is 8.56. The minimum absolute atomic E-state index is 0.201. The lowest BCUT2D eigenvalue weighted by Crippen LogP contribution is -2.38. The van der Waals surface area contributed by atoms with Gasteiger partial charge in [0.1, 0.15) is 24.0 Å². The summed E-state index contributed by atoms with van der Waals surface area (Å²) in [6, 6.07) is 5.43. The number of carbonyl (C=O) groups excluding carboxylic acids is 1. The minimum Gasteiger partial charge on any atom is -0.490 e. The van der Waals surface area contributed by atoms with Gasteiger partial charge in [-0.05, 0) is 51.9 Å². The molecule has 0 bridgehead atoms. The molecule has 0 saturated carbocycles. The zero-order chi connectivity index (χ0) is 18.5. The quantitative estimate of drug-likeness (QED) is 0.764. The highest BCUT2D eigenvalue weighted by Gasteiger charge is 2.22. The molecule has 0 amide bonds. The molecule has 1 aromatic carbocycles. The van der Waals surface area contributed by atoms with Crippen LogP contribution < -0.4 is 4.74 Å². The monoisotopic (exact) mass is 361 g/mol. The summed E-state index contributed by atoms with van der Waals surface area (Å²) in [6.45, 7) is 6.76. The Bertz CT molecular complexity index is 748. The standard InChI is InChI=1S/C20H27NO5/c1-3-24-20(23)19-14(2)18-16(8-7-9-17(18)26-19)25-13-15(22)12-21-10-5-4-6-11-21/h7-9,15,22H,3-6,10-13H2,1-2H3/t15-/m1/s1. The second-order valence-electron chi connectivity index (χ2n) is 6.73. The summed E-state index contributed by atoms with van der Waals surface area (Å²) in [5, 5.41) is 11.1. The average Bonchev–Trinajstić information content (AvgIpc) is 2.99. The van der Waals surface area contributed by atoms with Crippen molar-refractivity contribution in [1.82, 2.24) is 4.90 Å². The number of ether oxygens (including phenoxy) is 2. The van der Waals surface area contributed by atoms with E-state index in [1.807, 2.05) is 19.1 Å². The Balaban J connectivity index is 1.70. The lowest BCUT2D eigenvalue weighted by molar-refractivity contribution is 0.0491. The fourth-order valence-electron chi connectivity index (χ4n) is 3.46. The fourth-order valence-corrected chi connectivity index (χ4v) is 3.46. The molecule has 0 unspecified atom stereocenters. The number of aliphatic hydroxyl groups is 1. The summed E-state index contributed by atoms with van der Waals surface area (Å²) < 4.78 is 16.6. The zero-order valence-electron chi connectivity index (χ0n) is 15.5. The molecule has 2 aromatic rings. The molecule has 0 radical (unpaired) electrons. The third kappa shape index (κ3) is 4.19. The lowest BCUT2D eigenvalue weighted by atomic mass is 10.1. The molecule has 1 aromatic heterocycles. The number of benzene rings is 1. The number of hydrogen-bond acceptors (Lipinski definition) is 6. The number of fused-ring (bicyclic) bond motifs is 1. The zero-order valence-corrected chi connectivity index (χ0v) is 15.5. The molecular formula is C20H27NO5. The molecule has 1 fully saturated rings. The molecule has 1 N–H and O–H groups in total. The Morgan fingerprint density at radius 2 is 2.08 bits per heavy atom. The molecule has 0 aliphatic carbocycles. The number of nitrogens with zero attached hydrogens (tertiary/aromatic N) is 1. The van der Waals surface area contributed by atoms with E-state index in [-0.39, 0.29) is 12.4 Å². The van der Waals surface area contributed by atoms with Crippen LogP contribution in [0.15, 0.2) is 22.6 Å². The maximum absolute atomic E-state index is 12.0. The van der Waals surface area contributed by atoms with E-state index in [0.717, 1.165) is 18.5 Å². The van der Waals surface area contributed by atoms with E-state index in [0.29, 0.717) is 30.0 Å². The topological polar surface area (TPSA) is 72.1 Å². The summed E-state index contributed by atoms with van der Waals surface area (Å²) in [5.41, 5.74) is 1.27. The first kappa shape index (κ1) is 18.7. The third-order valence-electron chi connectivity index (χ3n) is 4.73. The highest BCUT2D eigenvalue weighted by atomic mass is 16.5. The SMILES string of the molecule is CCOC(=O)c1oc2cccc(OC[C@H](O)CN3CCCCC3)c2c1C. The molecule has 1 saturated heterocycles. The van der Waals surface area contributed by atoms with Crippen LogP contribution in [0, 0.1) is 6.92 Å². The van der Waals surface area contributed by atoms with Crippen LogP contribution in [0.25, 0.3) is 11.0 Å². The van der Waals surface area contributed by atoms with Gasteiger partial charge in [-0.25, -0.2) is 4.79 Å². The predicted octanol–water partition coefficient (Wildman–Crippen LogP) is 3.14. The maximum Gasteiger partial charge on any atom is 0.374 e. The van der Waals surface area contributed by atoms with Gasteiger partial charge in [0.25, 0.3) is 0 Å². The average molecular weight is 361 g/mol. The van der Waals surface area contributed by atoms with Gasteiger partial charge in [0.2, 0.25) is 5.76 Å². The normalized spacial score (nSPS) is 16.6. The molecule has 0 spiro atoms. The molecule has 1 aliphatic heterocycles. The van der Waals surface area contributed by atoms with Gasteiger partial charge in [0.05, 0.1) is 12.0 Å². The van der Waals surface area contributed by atoms with Crippen molar-refractivity contribution in [3.05, 3.63) is 29.5 Å². The Kier molecular flexibility index (Phi) is 6.16. The highest BCUT2D eigenvalue weighted by Crippen LogP contribution is 2.33. The van der Waals surface area contributed by atoms with E-state index in [1.54, 1.807) is 13.0 Å². The van der Waals surface area contributed by atoms with Crippen molar-refractivity contribution in [3.8, 4) is 5.75 Å².